The van der Waals surface area contributed by atoms with Gasteiger partial charge in [-0.1, -0.05) is 0 Å². The molecule has 0 unspecified atom stereocenters. The molecule has 0 aromatic heterocycles. The van der Waals surface area contributed by atoms with Gasteiger partial charge in [0.25, 0.3) is 0 Å². The van der Waals surface area contributed by atoms with Crippen LogP contribution in [-0.2, 0) is 34.1 Å². The first kappa shape index (κ1) is 121. The van der Waals surface area contributed by atoms with Gasteiger partial charge in [-0.3, -0.25) is 0 Å². The summed E-state index contributed by atoms with van der Waals surface area (Å²) in [5.41, 5.74) is 0. The Bertz CT molecular complexity index is 10.4. The van der Waals surface area contributed by atoms with Crippen molar-refractivity contribution in [2.24, 2.45) is 0 Å². The van der Waals surface area contributed by atoms with E-state index in [9.17, 15) is 0 Å². The Kier molecular flexibility index (Phi) is 1350. The Labute approximate surface area is 112 Å². The maximum absolute atomic E-state index is 0. The van der Waals surface area contributed by atoms with Crippen LogP contribution in [0.5, 0.6) is 0 Å². The first-order valence-corrected chi connectivity index (χ1v) is 0. The first-order chi connectivity index (χ1) is 0. The summed E-state index contributed by atoms with van der Waals surface area (Å²) in [4.78, 5) is 0. The van der Waals surface area contributed by atoms with Crippen LogP contribution in [0.2, 0.25) is 0 Å². The molecule has 0 aliphatic carbocycles. The monoisotopic (exact) mass is 314 g/mol. The third-order valence-electron chi connectivity index (χ3n) is 0. The normalized spacial score (nSPS) is 0. The minimum absolute atomic E-state index is 0. The van der Waals surface area contributed by atoms with Crippen molar-refractivity contribution in [3.05, 3.63) is 0 Å². The molecule has 0 nitrogen and oxygen atoms in total. The molecule has 54 valence electrons. The molecule has 0 bridgehead atoms. The van der Waals surface area contributed by atoms with Crippen LogP contribution in [0, 0.1) is 0 Å². The van der Waals surface area contributed by atoms with Crippen molar-refractivity contribution in [3.63, 3.8) is 0 Å². The molecule has 0 aliphatic heterocycles. The van der Waals surface area contributed by atoms with E-state index in [1.165, 1.54) is 0 Å². The summed E-state index contributed by atoms with van der Waals surface area (Å²) in [6.07, 6.45) is 0. The molecule has 0 rings (SSSR count). The van der Waals surface area contributed by atoms with Crippen LogP contribution in [0.4, 0.5) is 0 Å². The Morgan fingerprint density at radius 1 is 0.500 bits per heavy atom. The maximum atomic E-state index is 0. The summed E-state index contributed by atoms with van der Waals surface area (Å²) in [6.45, 7) is 0. The Balaban J connectivity index is 0. The summed E-state index contributed by atoms with van der Waals surface area (Å²) in [7, 11) is 0. The third-order valence-corrected chi connectivity index (χ3v) is 0. The van der Waals surface area contributed by atoms with Gasteiger partial charge in [-0.15, -0.1) is 0 Å². The molecule has 0 saturated carbocycles. The maximum Gasteiger partial charge on any atom is 3.00 e. The molecule has 0 N–H and O–H groups in total. The van der Waals surface area contributed by atoms with Crippen LogP contribution < -0.4 is 62.0 Å². The fourth-order valence-corrected chi connectivity index (χ4v) is 0. The molecule has 0 spiro atoms. The molecule has 0 amide bonds. The minimum atomic E-state index is 0. The molecule has 0 heterocycles. The van der Waals surface area contributed by atoms with Crippen molar-refractivity contribution in [3.8, 4) is 0 Å². The predicted molar refractivity (Wildman–Crippen MR) is 5.75 cm³/mol. The summed E-state index contributed by atoms with van der Waals surface area (Å²) in [6, 6.07) is 0. The van der Waals surface area contributed by atoms with Gasteiger partial charge in [-0.05, 0) is 0 Å². The van der Waals surface area contributed by atoms with Crippen LogP contribution in [0.15, 0.2) is 0 Å². The third kappa shape index (κ3) is 63.6. The number of halogens is 5. The molecular weight excluding hydrogens is 316 g/mol. The smallest absolute Gasteiger partial charge is 1.00 e. The molecule has 0 atom stereocenters. The van der Waals surface area contributed by atoms with Crippen molar-refractivity contribution in [1.82, 2.24) is 0 Å². The van der Waals surface area contributed by atoms with Gasteiger partial charge in [0.15, 0.2) is 0 Å². The molecule has 0 fully saturated rings. The largest absolute Gasteiger partial charge is 3.00 e. The second kappa shape index (κ2) is 89.3. The van der Waals surface area contributed by atoms with Crippen LogP contribution in [0.3, 0.4) is 0 Å². The quantitative estimate of drug-likeness (QED) is 0.390. The van der Waals surface area contributed by atoms with E-state index in [4.69, 9.17) is 0 Å². The summed E-state index contributed by atoms with van der Waals surface area (Å²) in [5.74, 6) is 0. The van der Waals surface area contributed by atoms with Gasteiger partial charge in [0, 0.05) is 17.4 Å². The van der Waals surface area contributed by atoms with Crippen molar-refractivity contribution in [2.75, 3.05) is 0 Å². The van der Waals surface area contributed by atoms with Crippen LogP contribution in [-0.4, -0.2) is 17.4 Å². The number of hydrogen-bond acceptors (Lipinski definition) is 0. The van der Waals surface area contributed by atoms with Gasteiger partial charge >= 0.3 is 34.1 Å². The molecule has 0 aromatic carbocycles. The predicted octanol–water partition coefficient (Wildman–Crippen LogP) is -15.4. The first-order valence-electron chi connectivity index (χ1n) is 0. The van der Waals surface area contributed by atoms with E-state index in [2.05, 4.69) is 0 Å². The Morgan fingerprint density at radius 2 is 0.500 bits per heavy atom. The second-order valence-electron chi connectivity index (χ2n) is 0. The van der Waals surface area contributed by atoms with Crippen LogP contribution >= 0.6 is 0 Å². The van der Waals surface area contributed by atoms with E-state index in [-0.39, 0.29) is 114 Å². The van der Waals surface area contributed by atoms with Crippen molar-refractivity contribution in [2.45, 2.75) is 0 Å². The van der Waals surface area contributed by atoms with E-state index < -0.39 is 0 Å². The molecule has 4 radical (unpaired) electrons. The topological polar surface area (TPSA) is 0 Å². The van der Waals surface area contributed by atoms with E-state index in [0.717, 1.165) is 0 Å². The van der Waals surface area contributed by atoms with Gasteiger partial charge in [-0.2, -0.15) is 0 Å². The fraction of sp³-hybridized carbons (Fsp3) is 0. The molecule has 8 heteroatoms. The van der Waals surface area contributed by atoms with Crippen LogP contribution in [0.1, 0.15) is 0 Å². The van der Waals surface area contributed by atoms with Gasteiger partial charge in [0.05, 0.1) is 0 Å². The van der Waals surface area contributed by atoms with Gasteiger partial charge < -0.3 is 62.0 Å². The summed E-state index contributed by atoms with van der Waals surface area (Å²) in [5, 5.41) is 0. The van der Waals surface area contributed by atoms with Gasteiger partial charge in [-0.25, -0.2) is 0 Å². The van der Waals surface area contributed by atoms with Gasteiger partial charge in [0.2, 0.25) is 0 Å². The number of rotatable bonds is 0. The fourth-order valence-electron chi connectivity index (χ4n) is 0. The molecular formula is AlCl5Fe2. The Hall–Kier alpha value is 3.02. The zero-order valence-corrected chi connectivity index (χ0v) is 10.3. The summed E-state index contributed by atoms with van der Waals surface area (Å²) < 4.78 is 0. The standard InChI is InChI=1S/Al.5ClH.2Fe/h;5*1H;;/q;;;;;;+2;+3/p-5. The minimum Gasteiger partial charge on any atom is -1.00 e. The number of hydrogen-bond donors (Lipinski definition) is 0. The average molecular weight is 316 g/mol. The SMILES string of the molecule is [Al].[Cl-].[Cl-].[Cl-].[Cl-].[Cl-].[Fe+2].[Fe+3]. The molecule has 8 heavy (non-hydrogen) atoms. The molecule has 0 saturated heterocycles. The van der Waals surface area contributed by atoms with Crippen molar-refractivity contribution >= 4 is 17.4 Å². The van der Waals surface area contributed by atoms with E-state index in [1.807, 2.05) is 0 Å². The zero-order valence-electron chi connectivity index (χ0n) is 3.17. The van der Waals surface area contributed by atoms with Crippen LogP contribution in [0.25, 0.3) is 0 Å². The Morgan fingerprint density at radius 3 is 0.500 bits per heavy atom. The molecule has 0 aromatic rings. The van der Waals surface area contributed by atoms with Crippen molar-refractivity contribution in [1.29, 1.82) is 0 Å². The van der Waals surface area contributed by atoms with E-state index in [0.29, 0.717) is 0 Å². The molecule has 0 aliphatic rings. The van der Waals surface area contributed by atoms with Gasteiger partial charge in [0.1, 0.15) is 0 Å². The van der Waals surface area contributed by atoms with E-state index in [1.54, 1.807) is 0 Å². The summed E-state index contributed by atoms with van der Waals surface area (Å²) >= 11 is 0. The zero-order chi connectivity index (χ0) is 0. The van der Waals surface area contributed by atoms with Crippen molar-refractivity contribution < 1.29 is 96.2 Å². The average Bonchev–Trinajstić information content (AvgIpc) is 0. The van der Waals surface area contributed by atoms with E-state index >= 15 is 0 Å². The second-order valence-corrected chi connectivity index (χ2v) is 0.